The summed E-state index contributed by atoms with van der Waals surface area (Å²) in [6.07, 6.45) is 0.367. The Kier molecular flexibility index (Phi) is 4.93. The van der Waals surface area contributed by atoms with Gasteiger partial charge in [0, 0.05) is 18.7 Å². The molecular weight excluding hydrogens is 242 g/mol. The van der Waals surface area contributed by atoms with E-state index in [4.69, 9.17) is 17.3 Å². The Hall–Kier alpha value is -1.59. The predicted molar refractivity (Wildman–Crippen MR) is 67.1 cm³/mol. The number of benzene rings is 1. The van der Waals surface area contributed by atoms with Gasteiger partial charge < -0.3 is 16.4 Å². The van der Waals surface area contributed by atoms with E-state index in [1.165, 1.54) is 12.1 Å². The maximum atomic E-state index is 11.4. The van der Waals surface area contributed by atoms with Crippen LogP contribution in [0.15, 0.2) is 18.2 Å². The van der Waals surface area contributed by atoms with Gasteiger partial charge in [0.05, 0.1) is 10.6 Å². The molecule has 1 aromatic carbocycles. The van der Waals surface area contributed by atoms with Crippen LogP contribution in [0, 0.1) is 0 Å². The van der Waals surface area contributed by atoms with Crippen molar-refractivity contribution in [3.63, 3.8) is 0 Å². The summed E-state index contributed by atoms with van der Waals surface area (Å²) in [6, 6.07) is 4.57. The van der Waals surface area contributed by atoms with Crippen LogP contribution in [0.2, 0.25) is 5.02 Å². The van der Waals surface area contributed by atoms with Crippen molar-refractivity contribution in [2.24, 2.45) is 5.73 Å². The van der Waals surface area contributed by atoms with Crippen molar-refractivity contribution in [2.45, 2.75) is 6.42 Å². The van der Waals surface area contributed by atoms with Gasteiger partial charge in [-0.1, -0.05) is 11.6 Å². The Bertz CT molecular complexity index is 435. The summed E-state index contributed by atoms with van der Waals surface area (Å²) in [4.78, 5) is 22.4. The SMILES string of the molecule is CNCCC(=O)Nc1ccc(C(N)=O)c(Cl)c1. The van der Waals surface area contributed by atoms with Gasteiger partial charge in [-0.15, -0.1) is 0 Å². The molecule has 0 aliphatic carbocycles. The van der Waals surface area contributed by atoms with E-state index in [1.807, 2.05) is 0 Å². The molecule has 0 radical (unpaired) electrons. The van der Waals surface area contributed by atoms with Gasteiger partial charge in [-0.25, -0.2) is 0 Å². The minimum Gasteiger partial charge on any atom is -0.366 e. The van der Waals surface area contributed by atoms with Gasteiger partial charge in [0.1, 0.15) is 0 Å². The number of nitrogens with two attached hydrogens (primary N) is 1. The Morgan fingerprint density at radius 3 is 2.65 bits per heavy atom. The third-order valence-electron chi connectivity index (χ3n) is 2.12. The molecule has 0 saturated carbocycles. The lowest BCUT2D eigenvalue weighted by atomic mass is 10.2. The van der Waals surface area contributed by atoms with E-state index in [9.17, 15) is 9.59 Å². The van der Waals surface area contributed by atoms with Gasteiger partial charge >= 0.3 is 0 Å². The summed E-state index contributed by atoms with van der Waals surface area (Å²) in [6.45, 7) is 0.596. The first kappa shape index (κ1) is 13.5. The molecule has 0 aromatic heterocycles. The highest BCUT2D eigenvalue weighted by Crippen LogP contribution is 2.20. The number of carbonyl (C=O) groups is 2. The van der Waals surface area contributed by atoms with Gasteiger partial charge in [0.15, 0.2) is 0 Å². The van der Waals surface area contributed by atoms with E-state index in [1.54, 1.807) is 13.1 Å². The predicted octanol–water partition coefficient (Wildman–Crippen LogP) is 0.987. The number of primary amides is 1. The van der Waals surface area contributed by atoms with E-state index in [2.05, 4.69) is 10.6 Å². The minimum atomic E-state index is -0.594. The van der Waals surface area contributed by atoms with Crippen LogP contribution in [0.1, 0.15) is 16.8 Å². The zero-order valence-corrected chi connectivity index (χ0v) is 10.2. The first-order valence-corrected chi connectivity index (χ1v) is 5.46. The lowest BCUT2D eigenvalue weighted by Gasteiger charge is -2.07. The van der Waals surface area contributed by atoms with Gasteiger partial charge in [-0.3, -0.25) is 9.59 Å². The number of nitrogens with one attached hydrogen (secondary N) is 2. The first-order valence-electron chi connectivity index (χ1n) is 5.08. The molecule has 1 rings (SSSR count). The van der Waals surface area contributed by atoms with Crippen LogP contribution in [0.4, 0.5) is 5.69 Å². The highest BCUT2D eigenvalue weighted by Gasteiger charge is 2.08. The van der Waals surface area contributed by atoms with Crippen LogP contribution >= 0.6 is 11.6 Å². The van der Waals surface area contributed by atoms with Crippen molar-refractivity contribution in [3.8, 4) is 0 Å². The minimum absolute atomic E-state index is 0.123. The molecule has 0 heterocycles. The largest absolute Gasteiger partial charge is 0.366 e. The molecular formula is C11H14ClN3O2. The fourth-order valence-electron chi connectivity index (χ4n) is 1.25. The van der Waals surface area contributed by atoms with E-state index in [0.717, 1.165) is 0 Å². The van der Waals surface area contributed by atoms with Crippen LogP contribution in [0.3, 0.4) is 0 Å². The Balaban J connectivity index is 2.70. The molecule has 5 nitrogen and oxygen atoms in total. The summed E-state index contributed by atoms with van der Waals surface area (Å²) >= 11 is 5.85. The normalized spacial score (nSPS) is 10.0. The standard InChI is InChI=1S/C11H14ClN3O2/c1-14-5-4-10(16)15-7-2-3-8(11(13)17)9(12)6-7/h2-3,6,14H,4-5H2,1H3,(H2,13,17)(H,15,16). The van der Waals surface area contributed by atoms with Crippen LogP contribution < -0.4 is 16.4 Å². The Morgan fingerprint density at radius 1 is 1.41 bits per heavy atom. The average Bonchev–Trinajstić information content (AvgIpc) is 2.26. The van der Waals surface area contributed by atoms with Gasteiger partial charge in [-0.05, 0) is 25.2 Å². The van der Waals surface area contributed by atoms with Crippen LogP contribution in [0.5, 0.6) is 0 Å². The second-order valence-corrected chi connectivity index (χ2v) is 3.87. The highest BCUT2D eigenvalue weighted by atomic mass is 35.5. The molecule has 6 heteroatoms. The quantitative estimate of drug-likeness (QED) is 0.734. The van der Waals surface area contributed by atoms with Crippen molar-refractivity contribution >= 4 is 29.1 Å². The van der Waals surface area contributed by atoms with Gasteiger partial charge in [0.2, 0.25) is 11.8 Å². The van der Waals surface area contributed by atoms with Crippen LogP contribution in [-0.4, -0.2) is 25.4 Å². The number of anilines is 1. The molecule has 0 atom stereocenters. The summed E-state index contributed by atoms with van der Waals surface area (Å²) < 4.78 is 0. The molecule has 0 spiro atoms. The second-order valence-electron chi connectivity index (χ2n) is 3.46. The molecule has 2 amide bonds. The smallest absolute Gasteiger partial charge is 0.250 e. The summed E-state index contributed by atoms with van der Waals surface area (Å²) in [7, 11) is 1.77. The maximum Gasteiger partial charge on any atom is 0.250 e. The molecule has 0 aliphatic heterocycles. The Morgan fingerprint density at radius 2 is 2.12 bits per heavy atom. The summed E-state index contributed by atoms with van der Waals surface area (Å²) in [5, 5.41) is 5.77. The van der Waals surface area contributed by atoms with E-state index < -0.39 is 5.91 Å². The van der Waals surface area contributed by atoms with Crippen LogP contribution in [-0.2, 0) is 4.79 Å². The lowest BCUT2D eigenvalue weighted by molar-refractivity contribution is -0.116. The molecule has 1 aromatic rings. The Labute approximate surface area is 104 Å². The number of hydrogen-bond donors (Lipinski definition) is 3. The van der Waals surface area contributed by atoms with Crippen molar-refractivity contribution in [3.05, 3.63) is 28.8 Å². The molecule has 0 bridgehead atoms. The van der Waals surface area contributed by atoms with Crippen molar-refractivity contribution in [2.75, 3.05) is 18.9 Å². The molecule has 17 heavy (non-hydrogen) atoms. The highest BCUT2D eigenvalue weighted by molar-refractivity contribution is 6.34. The molecule has 0 fully saturated rings. The van der Waals surface area contributed by atoms with Crippen molar-refractivity contribution in [1.29, 1.82) is 0 Å². The van der Waals surface area contributed by atoms with E-state index >= 15 is 0 Å². The maximum absolute atomic E-state index is 11.4. The third-order valence-corrected chi connectivity index (χ3v) is 2.43. The molecule has 0 aliphatic rings. The fraction of sp³-hybridized carbons (Fsp3) is 0.273. The first-order chi connectivity index (χ1) is 8.04. The summed E-state index contributed by atoms with van der Waals surface area (Å²) in [5.74, 6) is -0.717. The van der Waals surface area contributed by atoms with E-state index in [0.29, 0.717) is 18.7 Å². The second kappa shape index (κ2) is 6.22. The number of halogens is 1. The van der Waals surface area contributed by atoms with E-state index in [-0.39, 0.29) is 16.5 Å². The number of hydrogen-bond acceptors (Lipinski definition) is 3. The number of carbonyl (C=O) groups excluding carboxylic acids is 2. The molecule has 4 N–H and O–H groups in total. The topological polar surface area (TPSA) is 84.2 Å². The monoisotopic (exact) mass is 255 g/mol. The third kappa shape index (κ3) is 4.05. The average molecular weight is 256 g/mol. The zero-order chi connectivity index (χ0) is 12.8. The summed E-state index contributed by atoms with van der Waals surface area (Å²) in [5.41, 5.74) is 5.89. The fourth-order valence-corrected chi connectivity index (χ4v) is 1.53. The van der Waals surface area contributed by atoms with Crippen LogP contribution in [0.25, 0.3) is 0 Å². The van der Waals surface area contributed by atoms with Crippen molar-refractivity contribution in [1.82, 2.24) is 5.32 Å². The van der Waals surface area contributed by atoms with Gasteiger partial charge in [0.25, 0.3) is 0 Å². The van der Waals surface area contributed by atoms with Crippen molar-refractivity contribution < 1.29 is 9.59 Å². The number of rotatable bonds is 5. The van der Waals surface area contributed by atoms with Gasteiger partial charge in [-0.2, -0.15) is 0 Å². The number of amides is 2. The molecule has 0 saturated heterocycles. The zero-order valence-electron chi connectivity index (χ0n) is 9.42. The lowest BCUT2D eigenvalue weighted by Crippen LogP contribution is -2.19. The molecule has 92 valence electrons. The molecule has 0 unspecified atom stereocenters.